The maximum atomic E-state index is 14.2. The molecule has 4 atom stereocenters. The topological polar surface area (TPSA) is 61.5 Å². The lowest BCUT2D eigenvalue weighted by Crippen LogP contribution is -2.61. The van der Waals surface area contributed by atoms with Crippen LogP contribution in [0.4, 0.5) is 17.6 Å². The fourth-order valence-corrected chi connectivity index (χ4v) is 3.87. The van der Waals surface area contributed by atoms with E-state index in [0.29, 0.717) is 19.0 Å². The molecule has 3 rings (SSSR count). The number of piperidine rings is 1. The van der Waals surface area contributed by atoms with Crippen molar-refractivity contribution in [1.29, 1.82) is 0 Å². The lowest BCUT2D eigenvalue weighted by Gasteiger charge is -2.45. The standard InChI is InChI=1S/C20H25F4N3O2/c1-12-11-26(18(28)19(2,29)20(3,23)24)9-7-14(12)16-6-8-25-27(16)17-5-4-13(21)10-15(17)22/h4-6,8,10,12,14,18,28-29H,7,9,11H2,1-3H3. The summed E-state index contributed by atoms with van der Waals surface area (Å²) >= 11 is 0. The Bertz CT molecular complexity index is 866. The maximum Gasteiger partial charge on any atom is 0.277 e. The normalized spacial score (nSPS) is 24.3. The largest absolute Gasteiger partial charge is 0.380 e. The van der Waals surface area contributed by atoms with Crippen LogP contribution in [0.1, 0.15) is 38.8 Å². The van der Waals surface area contributed by atoms with E-state index >= 15 is 0 Å². The van der Waals surface area contributed by atoms with Crippen LogP contribution in [-0.4, -0.2) is 55.7 Å². The van der Waals surface area contributed by atoms with E-state index in [1.54, 1.807) is 6.07 Å². The van der Waals surface area contributed by atoms with Crippen molar-refractivity contribution in [3.05, 3.63) is 47.8 Å². The molecule has 5 nitrogen and oxygen atoms in total. The zero-order valence-corrected chi connectivity index (χ0v) is 16.5. The predicted octanol–water partition coefficient (Wildman–Crippen LogP) is 3.30. The van der Waals surface area contributed by atoms with Gasteiger partial charge in [-0.3, -0.25) is 4.90 Å². The third-order valence-corrected chi connectivity index (χ3v) is 5.86. The quantitative estimate of drug-likeness (QED) is 0.736. The van der Waals surface area contributed by atoms with Crippen LogP contribution in [0.25, 0.3) is 5.69 Å². The van der Waals surface area contributed by atoms with Crippen LogP contribution in [0.3, 0.4) is 0 Å². The molecule has 9 heteroatoms. The van der Waals surface area contributed by atoms with Gasteiger partial charge in [0, 0.05) is 43.9 Å². The van der Waals surface area contributed by atoms with Crippen LogP contribution in [0, 0.1) is 17.6 Å². The average Bonchev–Trinajstić information content (AvgIpc) is 3.09. The monoisotopic (exact) mass is 415 g/mol. The van der Waals surface area contributed by atoms with E-state index in [0.717, 1.165) is 19.1 Å². The molecular formula is C20H25F4N3O2. The van der Waals surface area contributed by atoms with Crippen molar-refractivity contribution in [2.24, 2.45) is 5.92 Å². The van der Waals surface area contributed by atoms with Crippen LogP contribution >= 0.6 is 0 Å². The number of halogens is 4. The minimum absolute atomic E-state index is 0.0857. The number of nitrogens with zero attached hydrogens (tertiary/aromatic N) is 3. The smallest absolute Gasteiger partial charge is 0.277 e. The van der Waals surface area contributed by atoms with E-state index in [1.807, 2.05) is 6.92 Å². The average molecular weight is 415 g/mol. The second kappa shape index (κ2) is 7.70. The number of rotatable bonds is 5. The molecular weight excluding hydrogens is 390 g/mol. The van der Waals surface area contributed by atoms with E-state index in [9.17, 15) is 27.8 Å². The minimum Gasteiger partial charge on any atom is -0.380 e. The van der Waals surface area contributed by atoms with Gasteiger partial charge in [-0.1, -0.05) is 6.92 Å². The Hall–Kier alpha value is -1.97. The Morgan fingerprint density at radius 2 is 1.90 bits per heavy atom. The molecule has 0 spiro atoms. The molecule has 2 aromatic rings. The fraction of sp³-hybridized carbons (Fsp3) is 0.550. The molecule has 29 heavy (non-hydrogen) atoms. The number of hydrogen-bond donors (Lipinski definition) is 2. The van der Waals surface area contributed by atoms with Gasteiger partial charge in [0.05, 0.1) is 0 Å². The molecule has 0 amide bonds. The number of aliphatic hydroxyl groups is 2. The summed E-state index contributed by atoms with van der Waals surface area (Å²) in [6.07, 6.45) is 0.275. The molecule has 0 aliphatic carbocycles. The van der Waals surface area contributed by atoms with Gasteiger partial charge in [-0.05, 0) is 37.5 Å². The van der Waals surface area contributed by atoms with Gasteiger partial charge in [0.1, 0.15) is 17.7 Å². The van der Waals surface area contributed by atoms with Gasteiger partial charge in [0.15, 0.2) is 11.4 Å². The van der Waals surface area contributed by atoms with Crippen molar-refractivity contribution in [2.75, 3.05) is 13.1 Å². The molecule has 4 unspecified atom stereocenters. The molecule has 0 radical (unpaired) electrons. The molecule has 2 heterocycles. The Labute approximate surface area is 166 Å². The first kappa shape index (κ1) is 21.7. The molecule has 0 bridgehead atoms. The van der Waals surface area contributed by atoms with Crippen LogP contribution in [0.2, 0.25) is 0 Å². The highest BCUT2D eigenvalue weighted by molar-refractivity contribution is 5.35. The van der Waals surface area contributed by atoms with E-state index in [4.69, 9.17) is 0 Å². The van der Waals surface area contributed by atoms with E-state index < -0.39 is 29.4 Å². The molecule has 1 aromatic heterocycles. The first-order valence-electron chi connectivity index (χ1n) is 9.45. The summed E-state index contributed by atoms with van der Waals surface area (Å²) in [5.74, 6) is -5.09. The molecule has 1 aliphatic rings. The number of hydrogen-bond acceptors (Lipinski definition) is 4. The van der Waals surface area contributed by atoms with Gasteiger partial charge in [-0.2, -0.15) is 5.10 Å². The van der Waals surface area contributed by atoms with Gasteiger partial charge in [0.2, 0.25) is 0 Å². The molecule has 1 aliphatic heterocycles. The molecule has 0 saturated carbocycles. The number of aromatic nitrogens is 2. The van der Waals surface area contributed by atoms with Crippen molar-refractivity contribution in [3.8, 4) is 5.69 Å². The van der Waals surface area contributed by atoms with E-state index in [2.05, 4.69) is 5.10 Å². The minimum atomic E-state index is -3.48. The summed E-state index contributed by atoms with van der Waals surface area (Å²) in [4.78, 5) is 1.43. The van der Waals surface area contributed by atoms with Crippen molar-refractivity contribution in [3.63, 3.8) is 0 Å². The van der Waals surface area contributed by atoms with Gasteiger partial charge >= 0.3 is 0 Å². The van der Waals surface area contributed by atoms with Gasteiger partial charge < -0.3 is 10.2 Å². The summed E-state index contributed by atoms with van der Waals surface area (Å²) in [7, 11) is 0. The van der Waals surface area contributed by atoms with Crippen LogP contribution in [0.5, 0.6) is 0 Å². The zero-order chi connectivity index (χ0) is 21.6. The first-order chi connectivity index (χ1) is 13.4. The van der Waals surface area contributed by atoms with E-state index in [-0.39, 0.29) is 30.6 Å². The highest BCUT2D eigenvalue weighted by Crippen LogP contribution is 2.38. The summed E-state index contributed by atoms with van der Waals surface area (Å²) < 4.78 is 56.3. The number of benzene rings is 1. The SMILES string of the molecule is CC1CN(C(O)C(C)(O)C(C)(F)F)CCC1c1ccnn1-c1ccc(F)cc1F. The lowest BCUT2D eigenvalue weighted by molar-refractivity contribution is -0.245. The number of alkyl halides is 2. The zero-order valence-electron chi connectivity index (χ0n) is 16.5. The number of likely N-dealkylation sites (tertiary alicyclic amines) is 1. The fourth-order valence-electron chi connectivity index (χ4n) is 3.87. The molecule has 1 saturated heterocycles. The summed E-state index contributed by atoms with van der Waals surface area (Å²) in [6.45, 7) is 3.90. The first-order valence-corrected chi connectivity index (χ1v) is 9.45. The van der Waals surface area contributed by atoms with Crippen molar-refractivity contribution in [2.45, 2.75) is 50.9 Å². The number of aliphatic hydroxyl groups excluding tert-OH is 1. The van der Waals surface area contributed by atoms with Crippen LogP contribution < -0.4 is 0 Å². The highest BCUT2D eigenvalue weighted by atomic mass is 19.3. The molecule has 1 aromatic carbocycles. The Morgan fingerprint density at radius 1 is 1.21 bits per heavy atom. The molecule has 2 N–H and O–H groups in total. The summed E-state index contributed by atoms with van der Waals surface area (Å²) in [6, 6.07) is 4.99. The molecule has 1 fully saturated rings. The van der Waals surface area contributed by atoms with Gasteiger partial charge in [-0.15, -0.1) is 0 Å². The van der Waals surface area contributed by atoms with Crippen molar-refractivity contribution < 1.29 is 27.8 Å². The van der Waals surface area contributed by atoms with Crippen molar-refractivity contribution in [1.82, 2.24) is 14.7 Å². The summed E-state index contributed by atoms with van der Waals surface area (Å²) in [5.41, 5.74) is -1.77. The molecule has 160 valence electrons. The third-order valence-electron chi connectivity index (χ3n) is 5.86. The van der Waals surface area contributed by atoms with Crippen molar-refractivity contribution >= 4 is 0 Å². The summed E-state index contributed by atoms with van der Waals surface area (Å²) in [5, 5.41) is 24.7. The second-order valence-corrected chi connectivity index (χ2v) is 8.04. The van der Waals surface area contributed by atoms with Gasteiger partial charge in [0.25, 0.3) is 5.92 Å². The Kier molecular flexibility index (Phi) is 5.77. The van der Waals surface area contributed by atoms with Crippen LogP contribution in [-0.2, 0) is 0 Å². The van der Waals surface area contributed by atoms with E-state index in [1.165, 1.54) is 21.8 Å². The maximum absolute atomic E-state index is 14.2. The predicted molar refractivity (Wildman–Crippen MR) is 98.8 cm³/mol. The Balaban J connectivity index is 1.81. The third kappa shape index (κ3) is 4.04. The second-order valence-electron chi connectivity index (χ2n) is 8.04. The van der Waals surface area contributed by atoms with Gasteiger partial charge in [-0.25, -0.2) is 22.2 Å². The van der Waals surface area contributed by atoms with Crippen LogP contribution in [0.15, 0.2) is 30.5 Å². The lowest BCUT2D eigenvalue weighted by atomic mass is 9.83. The Morgan fingerprint density at radius 3 is 2.48 bits per heavy atom. The highest BCUT2D eigenvalue weighted by Gasteiger charge is 2.52.